The van der Waals surface area contributed by atoms with E-state index in [0.29, 0.717) is 28.9 Å². The van der Waals surface area contributed by atoms with Gasteiger partial charge in [-0.1, -0.05) is 0 Å². The Morgan fingerprint density at radius 1 is 1.22 bits per heavy atom. The first-order valence-electron chi connectivity index (χ1n) is 11.6. The van der Waals surface area contributed by atoms with E-state index in [2.05, 4.69) is 20.0 Å². The summed E-state index contributed by atoms with van der Waals surface area (Å²) in [5, 5.41) is 4.52. The van der Waals surface area contributed by atoms with Gasteiger partial charge in [0.2, 0.25) is 11.7 Å². The first-order chi connectivity index (χ1) is 17.2. The van der Waals surface area contributed by atoms with Gasteiger partial charge in [-0.3, -0.25) is 9.79 Å². The van der Waals surface area contributed by atoms with Gasteiger partial charge in [0, 0.05) is 18.1 Å². The Hall–Kier alpha value is -3.19. The highest BCUT2D eigenvalue weighted by atomic mass is 32.2. The average Bonchev–Trinajstić information content (AvgIpc) is 3.31. The average molecular weight is 554 g/mol. The highest BCUT2D eigenvalue weighted by Gasteiger charge is 2.27. The van der Waals surface area contributed by atoms with Crippen LogP contribution in [0.5, 0.6) is 5.75 Å². The van der Waals surface area contributed by atoms with Gasteiger partial charge >= 0.3 is 6.09 Å². The number of nitrogens with one attached hydrogen (secondary N) is 2. The largest absolute Gasteiger partial charge is 0.496 e. The minimum atomic E-state index is -3.99. The number of amides is 1. The molecule has 11 nitrogen and oxygen atoms in total. The molecule has 0 aliphatic heterocycles. The predicted octanol–water partition coefficient (Wildman–Crippen LogP) is 3.23. The lowest BCUT2D eigenvalue weighted by atomic mass is 10.1. The highest BCUT2D eigenvalue weighted by molar-refractivity contribution is 7.90. The molecule has 2 rings (SSSR count). The van der Waals surface area contributed by atoms with Gasteiger partial charge in [0.15, 0.2) is 5.01 Å². The number of carbonyl (C=O) groups is 2. The SMILES string of the molecule is COc1cc(C)c(S(=O)(=O)NC(N)=NCCC[C@H](NC(=O)OC(C)(C)C)C(=O)c2nccs2)c(C)c1C. The smallest absolute Gasteiger partial charge is 0.408 e. The molecule has 0 aliphatic carbocycles. The normalized spacial score (nSPS) is 13.1. The van der Waals surface area contributed by atoms with E-state index in [4.69, 9.17) is 15.2 Å². The second kappa shape index (κ2) is 12.4. The quantitative estimate of drug-likeness (QED) is 0.175. The van der Waals surface area contributed by atoms with Crippen molar-refractivity contribution in [3.8, 4) is 5.75 Å². The van der Waals surface area contributed by atoms with Crippen molar-refractivity contribution in [2.45, 2.75) is 70.9 Å². The van der Waals surface area contributed by atoms with E-state index in [1.54, 1.807) is 53.0 Å². The van der Waals surface area contributed by atoms with Crippen molar-refractivity contribution in [1.29, 1.82) is 0 Å². The fraction of sp³-hybridized carbons (Fsp3) is 0.500. The minimum absolute atomic E-state index is 0.111. The number of aryl methyl sites for hydroxylation is 1. The van der Waals surface area contributed by atoms with E-state index in [1.807, 2.05) is 0 Å². The lowest BCUT2D eigenvalue weighted by Crippen LogP contribution is -2.43. The first kappa shape index (κ1) is 30.0. The molecule has 0 bridgehead atoms. The molecule has 0 spiro atoms. The van der Waals surface area contributed by atoms with Crippen molar-refractivity contribution < 1.29 is 27.5 Å². The third-order valence-electron chi connectivity index (χ3n) is 5.29. The number of aliphatic imine (C=N–C) groups is 1. The Kier molecular flexibility index (Phi) is 10.0. The van der Waals surface area contributed by atoms with Crippen LogP contribution in [0.25, 0.3) is 0 Å². The van der Waals surface area contributed by atoms with E-state index in [9.17, 15) is 18.0 Å². The second-order valence-corrected chi connectivity index (χ2v) is 11.9. The number of guanidine groups is 1. The molecule has 1 heterocycles. The summed E-state index contributed by atoms with van der Waals surface area (Å²) in [6.07, 6.45) is 1.34. The number of alkyl carbamates (subject to hydrolysis) is 1. The van der Waals surface area contributed by atoms with Crippen molar-refractivity contribution in [2.24, 2.45) is 10.7 Å². The van der Waals surface area contributed by atoms with Gasteiger partial charge in [-0.05, 0) is 77.1 Å². The van der Waals surface area contributed by atoms with Gasteiger partial charge in [-0.25, -0.2) is 22.9 Å². The molecule has 1 aromatic heterocycles. The first-order valence-corrected chi connectivity index (χ1v) is 13.9. The van der Waals surface area contributed by atoms with Crippen molar-refractivity contribution in [3.63, 3.8) is 0 Å². The lowest BCUT2D eigenvalue weighted by molar-refractivity contribution is 0.0488. The monoisotopic (exact) mass is 553 g/mol. The molecule has 37 heavy (non-hydrogen) atoms. The molecule has 13 heteroatoms. The maximum absolute atomic E-state index is 13.0. The number of ketones is 1. The molecule has 0 aliphatic rings. The number of nitrogens with zero attached hydrogens (tertiary/aromatic N) is 2. The number of hydrogen-bond acceptors (Lipinski definition) is 9. The van der Waals surface area contributed by atoms with Crippen LogP contribution < -0.4 is 20.5 Å². The van der Waals surface area contributed by atoms with Crippen molar-refractivity contribution >= 4 is 39.2 Å². The standard InChI is InChI=1S/C24H35N5O6S2/c1-14-13-18(34-7)15(2)16(3)20(14)37(32,33)29-22(25)27-10-8-9-17(19(30)21-26-11-12-36-21)28-23(31)35-24(4,5)6/h11-13,17H,8-10H2,1-7H3,(H,28,31)(H3,25,27,29)/t17-/m0/s1. The van der Waals surface area contributed by atoms with Gasteiger partial charge in [0.25, 0.3) is 10.0 Å². The summed E-state index contributed by atoms with van der Waals surface area (Å²) in [5.41, 5.74) is 6.90. The molecule has 1 aromatic carbocycles. The third kappa shape index (κ3) is 8.42. The van der Waals surface area contributed by atoms with E-state index in [-0.39, 0.29) is 34.6 Å². The number of methoxy groups -OCH3 is 1. The number of Topliss-reactive ketones (excluding diaryl/α,β-unsaturated/α-hetero) is 1. The number of hydrogen-bond donors (Lipinski definition) is 3. The van der Waals surface area contributed by atoms with Gasteiger partial charge < -0.3 is 20.5 Å². The Labute approximate surface area is 221 Å². The van der Waals surface area contributed by atoms with Crippen LogP contribution in [-0.4, -0.2) is 56.5 Å². The van der Waals surface area contributed by atoms with Crippen LogP contribution in [0.4, 0.5) is 4.79 Å². The molecule has 0 saturated heterocycles. The number of carbonyl (C=O) groups excluding carboxylic acids is 2. The van der Waals surface area contributed by atoms with Crippen LogP contribution in [0.3, 0.4) is 0 Å². The number of benzene rings is 1. The molecule has 204 valence electrons. The zero-order valence-corrected chi connectivity index (χ0v) is 23.8. The van der Waals surface area contributed by atoms with Crippen LogP contribution in [-0.2, 0) is 14.8 Å². The Balaban J connectivity index is 2.08. The zero-order chi connectivity index (χ0) is 28.0. The number of nitrogens with two attached hydrogens (primary N) is 1. The zero-order valence-electron chi connectivity index (χ0n) is 22.2. The molecule has 2 aromatic rings. The fourth-order valence-corrected chi connectivity index (χ4v) is 5.69. The van der Waals surface area contributed by atoms with E-state index < -0.39 is 27.8 Å². The number of thiazole rings is 1. The van der Waals surface area contributed by atoms with E-state index in [0.717, 1.165) is 0 Å². The fourth-order valence-electron chi connectivity index (χ4n) is 3.58. The Morgan fingerprint density at radius 2 is 1.89 bits per heavy atom. The maximum Gasteiger partial charge on any atom is 0.408 e. The predicted molar refractivity (Wildman–Crippen MR) is 143 cm³/mol. The van der Waals surface area contributed by atoms with Crippen LogP contribution in [0.2, 0.25) is 0 Å². The molecule has 0 radical (unpaired) electrons. The van der Waals surface area contributed by atoms with Gasteiger partial charge in [0.1, 0.15) is 11.4 Å². The van der Waals surface area contributed by atoms with Crippen molar-refractivity contribution in [1.82, 2.24) is 15.0 Å². The molecular formula is C24H35N5O6S2. The van der Waals surface area contributed by atoms with Crippen LogP contribution in [0.15, 0.2) is 27.5 Å². The molecule has 1 atom stereocenters. The number of rotatable bonds is 10. The van der Waals surface area contributed by atoms with Crippen LogP contribution >= 0.6 is 11.3 Å². The Bertz CT molecular complexity index is 1250. The van der Waals surface area contributed by atoms with E-state index in [1.165, 1.54) is 24.6 Å². The summed E-state index contributed by atoms with van der Waals surface area (Å²) in [4.78, 5) is 33.3. The maximum atomic E-state index is 13.0. The van der Waals surface area contributed by atoms with Gasteiger partial charge in [-0.2, -0.15) is 0 Å². The number of ether oxygens (including phenoxy) is 2. The molecule has 1 amide bonds. The van der Waals surface area contributed by atoms with Gasteiger partial charge in [0.05, 0.1) is 18.0 Å². The number of aromatic nitrogens is 1. The summed E-state index contributed by atoms with van der Waals surface area (Å²) in [6, 6.07) is 0.767. The minimum Gasteiger partial charge on any atom is -0.496 e. The topological polar surface area (TPSA) is 162 Å². The molecular weight excluding hydrogens is 518 g/mol. The summed E-state index contributed by atoms with van der Waals surface area (Å²) >= 11 is 1.17. The van der Waals surface area contributed by atoms with Crippen LogP contribution in [0, 0.1) is 20.8 Å². The second-order valence-electron chi connectivity index (χ2n) is 9.39. The van der Waals surface area contributed by atoms with Crippen molar-refractivity contribution in [3.05, 3.63) is 39.3 Å². The summed E-state index contributed by atoms with van der Waals surface area (Å²) in [5.74, 6) is -0.0352. The highest BCUT2D eigenvalue weighted by Crippen LogP contribution is 2.30. The number of sulfonamides is 1. The summed E-state index contributed by atoms with van der Waals surface area (Å²) in [6.45, 7) is 10.4. The van der Waals surface area contributed by atoms with Crippen molar-refractivity contribution in [2.75, 3.05) is 13.7 Å². The van der Waals surface area contributed by atoms with Crippen LogP contribution in [0.1, 0.15) is 60.1 Å². The summed E-state index contributed by atoms with van der Waals surface area (Å²) in [7, 11) is -2.47. The Morgan fingerprint density at radius 3 is 2.46 bits per heavy atom. The summed E-state index contributed by atoms with van der Waals surface area (Å²) < 4.78 is 38.9. The third-order valence-corrected chi connectivity index (χ3v) is 7.72. The molecule has 0 saturated carbocycles. The van der Waals surface area contributed by atoms with Gasteiger partial charge in [-0.15, -0.1) is 11.3 Å². The molecule has 0 unspecified atom stereocenters. The van der Waals surface area contributed by atoms with E-state index >= 15 is 0 Å². The molecule has 0 fully saturated rings. The molecule has 4 N–H and O–H groups in total. The lowest BCUT2D eigenvalue weighted by Gasteiger charge is -2.22.